The smallest absolute Gasteiger partial charge is 0.341 e. The van der Waals surface area contributed by atoms with Crippen molar-refractivity contribution in [2.45, 2.75) is 31.9 Å². The second kappa shape index (κ2) is 7.99. The van der Waals surface area contributed by atoms with Crippen molar-refractivity contribution in [3.8, 4) is 5.75 Å². The van der Waals surface area contributed by atoms with Crippen LogP contribution >= 0.6 is 24.0 Å². The van der Waals surface area contributed by atoms with Crippen molar-refractivity contribution in [2.75, 3.05) is 13.7 Å². The minimum Gasteiger partial charge on any atom is -0.492 e. The first-order chi connectivity index (χ1) is 11.3. The summed E-state index contributed by atoms with van der Waals surface area (Å²) in [5.74, 6) is 0.131. The normalized spacial score (nSPS) is 11.3. The van der Waals surface area contributed by atoms with Crippen LogP contribution in [0.25, 0.3) is 10.8 Å². The summed E-state index contributed by atoms with van der Waals surface area (Å²) in [6.07, 6.45) is 0.657. The van der Waals surface area contributed by atoms with Crippen molar-refractivity contribution < 1.29 is 14.3 Å². The topological polar surface area (TPSA) is 35.5 Å². The van der Waals surface area contributed by atoms with E-state index in [-0.39, 0.29) is 4.75 Å². The molecule has 0 bridgehead atoms. The van der Waals surface area contributed by atoms with Crippen LogP contribution in [0.1, 0.15) is 37.6 Å². The van der Waals surface area contributed by atoms with Crippen LogP contribution in [-0.2, 0) is 4.74 Å². The maximum atomic E-state index is 12.0. The average Bonchev–Trinajstić information content (AvgIpc) is 2.51. The van der Waals surface area contributed by atoms with Crippen molar-refractivity contribution in [1.29, 1.82) is 0 Å². The van der Waals surface area contributed by atoms with Gasteiger partial charge in [0, 0.05) is 11.2 Å². The quantitative estimate of drug-likeness (QED) is 0.536. The summed E-state index contributed by atoms with van der Waals surface area (Å²) in [6, 6.07) is 11.5. The van der Waals surface area contributed by atoms with E-state index in [4.69, 9.17) is 21.7 Å². The minimum atomic E-state index is -0.401. The van der Waals surface area contributed by atoms with E-state index in [0.29, 0.717) is 24.3 Å². The number of esters is 1. The number of fused-ring (bicyclic) bond motifs is 1. The standard InChI is InChI=1S/C19H22O3S2/c1-19(2,3)24-17(23)9-10-22-16-12-14-8-6-5-7-13(14)11-15(16)18(20)21-4/h5-8,11-12H,9-10H2,1-4H3. The van der Waals surface area contributed by atoms with E-state index in [9.17, 15) is 4.79 Å². The molecule has 0 aromatic heterocycles. The van der Waals surface area contributed by atoms with Gasteiger partial charge >= 0.3 is 5.97 Å². The van der Waals surface area contributed by atoms with Crippen LogP contribution < -0.4 is 4.74 Å². The summed E-state index contributed by atoms with van der Waals surface area (Å²) in [5, 5.41) is 2.00. The summed E-state index contributed by atoms with van der Waals surface area (Å²) in [5.41, 5.74) is 0.436. The molecule has 0 saturated heterocycles. The number of thioether (sulfide) groups is 1. The van der Waals surface area contributed by atoms with Gasteiger partial charge in [0.2, 0.25) is 0 Å². The second-order valence-electron chi connectivity index (χ2n) is 6.37. The predicted octanol–water partition coefficient (Wildman–Crippen LogP) is 5.25. The predicted molar refractivity (Wildman–Crippen MR) is 105 cm³/mol. The van der Waals surface area contributed by atoms with Crippen LogP contribution in [0, 0.1) is 0 Å². The van der Waals surface area contributed by atoms with Crippen LogP contribution in [0.5, 0.6) is 5.75 Å². The molecule has 2 aromatic carbocycles. The first-order valence-electron chi connectivity index (χ1n) is 7.76. The summed E-state index contributed by atoms with van der Waals surface area (Å²) in [6.45, 7) is 6.82. The number of ether oxygens (including phenoxy) is 2. The molecule has 0 N–H and O–H groups in total. The van der Waals surface area contributed by atoms with E-state index >= 15 is 0 Å². The number of rotatable bonds is 5. The van der Waals surface area contributed by atoms with Gasteiger partial charge in [-0.3, -0.25) is 0 Å². The van der Waals surface area contributed by atoms with Crippen LogP contribution in [0.3, 0.4) is 0 Å². The number of hydrogen-bond acceptors (Lipinski definition) is 5. The molecule has 5 heteroatoms. The lowest BCUT2D eigenvalue weighted by Gasteiger charge is -2.18. The lowest BCUT2D eigenvalue weighted by atomic mass is 10.1. The fourth-order valence-corrected chi connectivity index (χ4v) is 3.95. The molecule has 0 saturated carbocycles. The van der Waals surface area contributed by atoms with Gasteiger partial charge in [0.1, 0.15) is 11.3 Å². The minimum absolute atomic E-state index is 0.0945. The summed E-state index contributed by atoms with van der Waals surface area (Å²) >= 11 is 7.06. The fourth-order valence-electron chi connectivity index (χ4n) is 2.25. The third-order valence-electron chi connectivity index (χ3n) is 3.24. The molecule has 0 aliphatic heterocycles. The van der Waals surface area contributed by atoms with Gasteiger partial charge in [-0.15, -0.1) is 11.8 Å². The van der Waals surface area contributed by atoms with Gasteiger partial charge in [0.25, 0.3) is 0 Å². The molecule has 128 valence electrons. The van der Waals surface area contributed by atoms with E-state index in [0.717, 1.165) is 15.0 Å². The van der Waals surface area contributed by atoms with E-state index < -0.39 is 5.97 Å². The van der Waals surface area contributed by atoms with Gasteiger partial charge < -0.3 is 9.47 Å². The maximum absolute atomic E-state index is 12.0. The van der Waals surface area contributed by atoms with Crippen molar-refractivity contribution in [2.24, 2.45) is 0 Å². The molecule has 2 aromatic rings. The number of carbonyl (C=O) groups excluding carboxylic acids is 1. The molecule has 0 atom stereocenters. The highest BCUT2D eigenvalue weighted by Gasteiger charge is 2.16. The van der Waals surface area contributed by atoms with Gasteiger partial charge in [-0.25, -0.2) is 4.79 Å². The van der Waals surface area contributed by atoms with E-state index in [2.05, 4.69) is 20.8 Å². The lowest BCUT2D eigenvalue weighted by Crippen LogP contribution is -2.13. The SMILES string of the molecule is COC(=O)c1cc2ccccc2cc1OCCC(=S)SC(C)(C)C. The Labute approximate surface area is 152 Å². The van der Waals surface area contributed by atoms with Gasteiger partial charge in [-0.1, -0.05) is 57.3 Å². The Morgan fingerprint density at radius 1 is 1.17 bits per heavy atom. The molecule has 0 amide bonds. The Morgan fingerprint density at radius 3 is 2.38 bits per heavy atom. The molecule has 0 fully saturated rings. The van der Waals surface area contributed by atoms with Crippen molar-refractivity contribution >= 4 is 44.9 Å². The zero-order valence-corrected chi connectivity index (χ0v) is 16.1. The zero-order chi connectivity index (χ0) is 17.7. The molecule has 0 radical (unpaired) electrons. The molecular formula is C19H22O3S2. The number of carbonyl (C=O) groups is 1. The van der Waals surface area contributed by atoms with Gasteiger partial charge in [0.15, 0.2) is 0 Å². The third kappa shape index (κ3) is 5.21. The maximum Gasteiger partial charge on any atom is 0.341 e. The second-order valence-corrected chi connectivity index (χ2v) is 9.04. The van der Waals surface area contributed by atoms with Crippen molar-refractivity contribution in [3.05, 3.63) is 42.0 Å². The fraction of sp³-hybridized carbons (Fsp3) is 0.368. The highest BCUT2D eigenvalue weighted by Crippen LogP contribution is 2.29. The summed E-state index contributed by atoms with van der Waals surface area (Å²) in [4.78, 5) is 12.0. The van der Waals surface area contributed by atoms with E-state index in [1.165, 1.54) is 7.11 Å². The van der Waals surface area contributed by atoms with Gasteiger partial charge in [-0.2, -0.15) is 0 Å². The highest BCUT2D eigenvalue weighted by molar-refractivity contribution is 8.23. The Balaban J connectivity index is 2.15. The van der Waals surface area contributed by atoms with Crippen LogP contribution in [0.15, 0.2) is 36.4 Å². The molecular weight excluding hydrogens is 340 g/mol. The molecule has 0 heterocycles. The van der Waals surface area contributed by atoms with Crippen molar-refractivity contribution in [3.63, 3.8) is 0 Å². The van der Waals surface area contributed by atoms with Crippen LogP contribution in [0.4, 0.5) is 0 Å². The van der Waals surface area contributed by atoms with Crippen LogP contribution in [0.2, 0.25) is 0 Å². The van der Waals surface area contributed by atoms with Crippen LogP contribution in [-0.4, -0.2) is 28.6 Å². The Kier molecular flexibility index (Phi) is 6.24. The number of thiocarbonyl (C=S) groups is 1. The van der Waals surface area contributed by atoms with Crippen molar-refractivity contribution in [1.82, 2.24) is 0 Å². The van der Waals surface area contributed by atoms with Gasteiger partial charge in [0.05, 0.1) is 17.9 Å². The molecule has 0 aliphatic carbocycles. The molecule has 24 heavy (non-hydrogen) atoms. The number of methoxy groups -OCH3 is 1. The van der Waals surface area contributed by atoms with E-state index in [1.54, 1.807) is 17.8 Å². The average molecular weight is 363 g/mol. The van der Waals surface area contributed by atoms with E-state index in [1.807, 2.05) is 30.3 Å². The molecule has 0 spiro atoms. The zero-order valence-electron chi connectivity index (χ0n) is 14.4. The number of benzene rings is 2. The lowest BCUT2D eigenvalue weighted by molar-refractivity contribution is 0.0596. The summed E-state index contributed by atoms with van der Waals surface area (Å²) < 4.78 is 11.7. The molecule has 0 aliphatic rings. The Bertz CT molecular complexity index is 748. The molecule has 3 nitrogen and oxygen atoms in total. The Morgan fingerprint density at radius 2 is 1.79 bits per heavy atom. The Hall–Kier alpha value is -1.59. The molecule has 0 unspecified atom stereocenters. The number of hydrogen-bond donors (Lipinski definition) is 0. The highest BCUT2D eigenvalue weighted by atomic mass is 32.2. The monoisotopic (exact) mass is 362 g/mol. The molecule has 2 rings (SSSR count). The summed E-state index contributed by atoms with van der Waals surface area (Å²) in [7, 11) is 1.37. The third-order valence-corrected chi connectivity index (χ3v) is 4.74. The largest absolute Gasteiger partial charge is 0.492 e. The first kappa shape index (κ1) is 18.7. The first-order valence-corrected chi connectivity index (χ1v) is 8.98. The van der Waals surface area contributed by atoms with Gasteiger partial charge in [-0.05, 0) is 22.9 Å².